The molecule has 0 saturated carbocycles. The van der Waals surface area contributed by atoms with Crippen LogP contribution < -0.4 is 10.1 Å². The number of aryl methyl sites for hydroxylation is 1. The number of nitrogens with zero attached hydrogens (tertiary/aromatic N) is 4. The van der Waals surface area contributed by atoms with Crippen LogP contribution in [0.3, 0.4) is 0 Å². The molecule has 234 valence electrons. The second-order valence-electron chi connectivity index (χ2n) is 12.2. The maximum absolute atomic E-state index is 12.4. The monoisotopic (exact) mass is 613 g/mol. The summed E-state index contributed by atoms with van der Waals surface area (Å²) in [5, 5.41) is 22.1. The van der Waals surface area contributed by atoms with E-state index < -0.39 is 28.3 Å². The Bertz CT molecular complexity index is 1420. The van der Waals surface area contributed by atoms with Crippen molar-refractivity contribution >= 4 is 16.7 Å². The zero-order valence-corrected chi connectivity index (χ0v) is 26.1. The largest absolute Gasteiger partial charge is 0.487 e. The first kappa shape index (κ1) is 31.4. The Morgan fingerprint density at radius 1 is 1.21 bits per heavy atom. The fourth-order valence-corrected chi connectivity index (χ4v) is 7.41. The lowest BCUT2D eigenvalue weighted by Crippen LogP contribution is -2.34. The number of hydrogen-bond acceptors (Lipinski definition) is 9. The van der Waals surface area contributed by atoms with Gasteiger partial charge in [0.1, 0.15) is 22.4 Å². The Morgan fingerprint density at radius 2 is 1.95 bits per heavy atom. The van der Waals surface area contributed by atoms with Crippen LogP contribution in [0, 0.1) is 18.3 Å². The van der Waals surface area contributed by atoms with Crippen LogP contribution in [0.25, 0.3) is 0 Å². The number of carboxylic acids is 1. The van der Waals surface area contributed by atoms with Gasteiger partial charge in [-0.15, -0.1) is 15.9 Å². The first-order chi connectivity index (χ1) is 20.4. The Balaban J connectivity index is 1.37. The van der Waals surface area contributed by atoms with Crippen molar-refractivity contribution in [1.82, 2.24) is 24.6 Å². The molecule has 0 aliphatic carbocycles. The number of aromatic nitrogens is 3. The Morgan fingerprint density at radius 3 is 2.70 bits per heavy atom. The number of ether oxygens (including phenoxy) is 2. The highest BCUT2D eigenvalue weighted by atomic mass is 32.3. The number of fused-ring (bicyclic) bond motifs is 1. The molecule has 2 atom stereocenters. The van der Waals surface area contributed by atoms with Gasteiger partial charge < -0.3 is 19.9 Å². The highest BCUT2D eigenvalue weighted by Gasteiger charge is 2.40. The van der Waals surface area contributed by atoms with E-state index in [1.54, 1.807) is 36.4 Å². The molecule has 1 aromatic heterocycles. The first-order valence-corrected chi connectivity index (χ1v) is 16.3. The van der Waals surface area contributed by atoms with E-state index in [0.29, 0.717) is 34.4 Å². The Kier molecular flexibility index (Phi) is 9.45. The third-order valence-corrected chi connectivity index (χ3v) is 10.3. The van der Waals surface area contributed by atoms with Crippen molar-refractivity contribution in [2.24, 2.45) is 11.3 Å². The summed E-state index contributed by atoms with van der Waals surface area (Å²) >= 11 is 0. The quantitative estimate of drug-likeness (QED) is 0.239. The van der Waals surface area contributed by atoms with E-state index in [-0.39, 0.29) is 19.3 Å². The van der Waals surface area contributed by atoms with Gasteiger partial charge in [-0.2, -0.15) is 4.31 Å². The van der Waals surface area contributed by atoms with Crippen molar-refractivity contribution in [2.75, 3.05) is 19.6 Å². The fraction of sp³-hybridized carbons (Fsp3) is 0.516. The van der Waals surface area contributed by atoms with Gasteiger partial charge in [0.2, 0.25) is 0 Å². The molecule has 0 radical (unpaired) electrons. The third kappa shape index (κ3) is 7.05. The number of aliphatic carboxylic acids is 1. The zero-order chi connectivity index (χ0) is 30.8. The van der Waals surface area contributed by atoms with Gasteiger partial charge in [-0.05, 0) is 88.4 Å². The Hall–Kier alpha value is -3.00. The third-order valence-electron chi connectivity index (χ3n) is 8.41. The molecule has 1 fully saturated rings. The molecule has 2 aliphatic heterocycles. The van der Waals surface area contributed by atoms with Crippen molar-refractivity contribution in [3.05, 3.63) is 71.0 Å². The van der Waals surface area contributed by atoms with Crippen LogP contribution in [0.15, 0.2) is 53.6 Å². The molecule has 1 saturated heterocycles. The van der Waals surface area contributed by atoms with Crippen LogP contribution >= 0.6 is 10.8 Å². The van der Waals surface area contributed by atoms with Crippen molar-refractivity contribution in [3.63, 3.8) is 0 Å². The minimum absolute atomic E-state index is 0.106. The number of carbonyl (C=O) groups is 1. The van der Waals surface area contributed by atoms with E-state index in [0.717, 1.165) is 43.6 Å². The van der Waals surface area contributed by atoms with Crippen LogP contribution in [-0.2, 0) is 29.2 Å². The molecule has 3 aromatic rings. The topological polar surface area (TPSA) is 142 Å². The molecule has 12 heteroatoms. The van der Waals surface area contributed by atoms with Gasteiger partial charge in [-0.3, -0.25) is 18.6 Å². The lowest BCUT2D eigenvalue weighted by atomic mass is 9.81. The van der Waals surface area contributed by atoms with Crippen molar-refractivity contribution in [1.29, 1.82) is 0 Å². The van der Waals surface area contributed by atoms with E-state index in [2.05, 4.69) is 15.6 Å². The molecular formula is C31H43N5O6S. The molecule has 2 unspecified atom stereocenters. The summed E-state index contributed by atoms with van der Waals surface area (Å²) in [5.74, 6) is 0.0258. The average Bonchev–Trinajstić information content (AvgIpc) is 3.38. The highest BCUT2D eigenvalue weighted by Crippen LogP contribution is 2.57. The second-order valence-corrected chi connectivity index (χ2v) is 14.2. The van der Waals surface area contributed by atoms with Gasteiger partial charge in [0.15, 0.2) is 0 Å². The summed E-state index contributed by atoms with van der Waals surface area (Å²) in [6, 6.07) is 12.7. The minimum atomic E-state index is -3.33. The van der Waals surface area contributed by atoms with Gasteiger partial charge in [-0.1, -0.05) is 35.5 Å². The summed E-state index contributed by atoms with van der Waals surface area (Å²) in [4.78, 5) is 12.8. The molecule has 4 N–H and O–H groups in total. The predicted molar refractivity (Wildman–Crippen MR) is 164 cm³/mol. The number of benzene rings is 2. The fourth-order valence-electron chi connectivity index (χ4n) is 5.75. The molecule has 0 amide bonds. The number of rotatable bonds is 10. The molecular weight excluding hydrogens is 570 g/mol. The number of para-hydroxylation sites is 1. The van der Waals surface area contributed by atoms with Crippen molar-refractivity contribution in [3.8, 4) is 5.75 Å². The summed E-state index contributed by atoms with van der Waals surface area (Å²) in [5.41, 5.74) is 1.85. The van der Waals surface area contributed by atoms with Gasteiger partial charge >= 0.3 is 5.97 Å². The first-order valence-electron chi connectivity index (χ1n) is 14.8. The normalized spacial score (nSPS) is 20.9. The van der Waals surface area contributed by atoms with E-state index in [1.807, 2.05) is 49.0 Å². The number of piperidine rings is 1. The summed E-state index contributed by atoms with van der Waals surface area (Å²) in [6.45, 7) is 10.6. The minimum Gasteiger partial charge on any atom is -0.487 e. The van der Waals surface area contributed by atoms with Gasteiger partial charge in [0, 0.05) is 13.1 Å². The smallest absolute Gasteiger partial charge is 0.312 e. The van der Waals surface area contributed by atoms with Gasteiger partial charge in [0.05, 0.1) is 30.9 Å². The summed E-state index contributed by atoms with van der Waals surface area (Å²) in [7, 11) is -3.33. The number of carboxylic acid groups (broad SMARTS) is 1. The maximum Gasteiger partial charge on any atom is 0.312 e. The maximum atomic E-state index is 12.4. The molecule has 2 aromatic carbocycles. The van der Waals surface area contributed by atoms with Gasteiger partial charge in [0.25, 0.3) is 0 Å². The van der Waals surface area contributed by atoms with Crippen LogP contribution in [0.5, 0.6) is 5.75 Å². The lowest BCUT2D eigenvalue weighted by molar-refractivity contribution is -0.158. The van der Waals surface area contributed by atoms with Gasteiger partial charge in [-0.25, -0.2) is 0 Å². The van der Waals surface area contributed by atoms with E-state index in [4.69, 9.17) is 9.47 Å². The zero-order valence-electron chi connectivity index (χ0n) is 25.3. The molecule has 0 bridgehead atoms. The van der Waals surface area contributed by atoms with E-state index in [9.17, 15) is 19.0 Å². The molecule has 43 heavy (non-hydrogen) atoms. The van der Waals surface area contributed by atoms with Crippen LogP contribution in [-0.4, -0.2) is 65.2 Å². The van der Waals surface area contributed by atoms with Crippen LogP contribution in [0.1, 0.15) is 62.1 Å². The highest BCUT2D eigenvalue weighted by molar-refractivity contribution is 8.22. The van der Waals surface area contributed by atoms with E-state index >= 15 is 0 Å². The molecule has 2 aliphatic rings. The van der Waals surface area contributed by atoms with Crippen molar-refractivity contribution in [2.45, 2.75) is 77.3 Å². The number of hydrogen-bond donors (Lipinski definition) is 4. The molecule has 0 spiro atoms. The Labute approximate surface area is 254 Å². The average molecular weight is 614 g/mol. The lowest BCUT2D eigenvalue weighted by Gasteiger charge is -2.42. The summed E-state index contributed by atoms with van der Waals surface area (Å²) < 4.78 is 38.6. The summed E-state index contributed by atoms with van der Waals surface area (Å²) in [6.07, 6.45) is 3.00. The second kappa shape index (κ2) is 12.9. The van der Waals surface area contributed by atoms with Crippen molar-refractivity contribution < 1.29 is 28.5 Å². The molecule has 11 nitrogen and oxygen atoms in total. The van der Waals surface area contributed by atoms with Crippen LogP contribution in [0.2, 0.25) is 0 Å². The predicted octanol–water partition coefficient (Wildman–Crippen LogP) is 5.26. The number of nitrogens with one attached hydrogen (secondary N) is 1. The molecule has 3 heterocycles. The molecule has 5 rings (SSSR count). The standard InChI is InChI=1S/C31H43N5O6S/c1-21-9-10-24(15-25(21)18-36-16-22(2)42-27-7-5-6-8-28(27)43(36,39)40)29(31(3,4)30(37)38)41-20-26-19-35(34-33-26)17-23-11-13-32-14-12-23/h5-10,15,19,22-23,29,32,39-40H,11-14,16-18,20H2,1-4H3,(H,37,38). The van der Waals surface area contributed by atoms with Crippen LogP contribution in [0.4, 0.5) is 0 Å². The SMILES string of the molecule is Cc1ccc(C(OCc2cn(CC3CCNCC3)nn2)C(C)(C)C(=O)O)cc1CN1CC(C)Oc2ccccc2S1(O)O. The van der Waals surface area contributed by atoms with E-state index in [1.165, 1.54) is 0 Å².